The van der Waals surface area contributed by atoms with E-state index in [2.05, 4.69) is 9.97 Å². The SMILES string of the molecule is Cc1[nH]cnc1CC(=O)N1CCCCC1CCS(C)(=O)=O. The van der Waals surface area contributed by atoms with Gasteiger partial charge in [0.15, 0.2) is 0 Å². The molecular weight excluding hydrogens is 290 g/mol. The van der Waals surface area contributed by atoms with Crippen LogP contribution in [0.1, 0.15) is 37.1 Å². The van der Waals surface area contributed by atoms with Crippen LogP contribution >= 0.6 is 0 Å². The van der Waals surface area contributed by atoms with Crippen LogP contribution in [0.3, 0.4) is 0 Å². The van der Waals surface area contributed by atoms with Crippen LogP contribution in [0, 0.1) is 6.92 Å². The fraction of sp³-hybridized carbons (Fsp3) is 0.714. The molecule has 7 heteroatoms. The second-order valence-electron chi connectivity index (χ2n) is 5.81. The zero-order valence-electron chi connectivity index (χ0n) is 12.6. The van der Waals surface area contributed by atoms with E-state index >= 15 is 0 Å². The first kappa shape index (κ1) is 16.0. The van der Waals surface area contributed by atoms with E-state index in [9.17, 15) is 13.2 Å². The average Bonchev–Trinajstić information content (AvgIpc) is 2.81. The van der Waals surface area contributed by atoms with Crippen LogP contribution in [0.5, 0.6) is 0 Å². The number of likely N-dealkylation sites (tertiary alicyclic amines) is 1. The Labute approximate surface area is 125 Å². The molecule has 1 fully saturated rings. The maximum atomic E-state index is 12.5. The van der Waals surface area contributed by atoms with Crippen molar-refractivity contribution in [2.45, 2.75) is 45.1 Å². The predicted molar refractivity (Wildman–Crippen MR) is 80.7 cm³/mol. The molecule has 0 bridgehead atoms. The summed E-state index contributed by atoms with van der Waals surface area (Å²) in [7, 11) is -2.98. The Kier molecular flexibility index (Phi) is 5.03. The molecule has 2 heterocycles. The number of carbonyl (C=O) groups excluding carboxylic acids is 1. The minimum Gasteiger partial charge on any atom is -0.348 e. The Hall–Kier alpha value is -1.37. The van der Waals surface area contributed by atoms with Gasteiger partial charge < -0.3 is 9.88 Å². The van der Waals surface area contributed by atoms with Crippen LogP contribution < -0.4 is 0 Å². The summed E-state index contributed by atoms with van der Waals surface area (Å²) in [6.45, 7) is 2.61. The van der Waals surface area contributed by atoms with Gasteiger partial charge in [-0.15, -0.1) is 0 Å². The van der Waals surface area contributed by atoms with Gasteiger partial charge in [0.05, 0.1) is 24.2 Å². The number of nitrogens with zero attached hydrogens (tertiary/aromatic N) is 2. The predicted octanol–water partition coefficient (Wildman–Crippen LogP) is 1.08. The Bertz CT molecular complexity index is 594. The number of amides is 1. The van der Waals surface area contributed by atoms with E-state index in [0.29, 0.717) is 6.42 Å². The second kappa shape index (κ2) is 6.60. The average molecular weight is 313 g/mol. The summed E-state index contributed by atoms with van der Waals surface area (Å²) in [6, 6.07) is 0.0419. The summed E-state index contributed by atoms with van der Waals surface area (Å²) in [6.07, 6.45) is 6.58. The molecule has 2 rings (SSSR count). The molecule has 1 aromatic rings. The summed E-state index contributed by atoms with van der Waals surface area (Å²) in [5, 5.41) is 0. The van der Waals surface area contributed by atoms with Crippen molar-refractivity contribution in [2.75, 3.05) is 18.6 Å². The van der Waals surface area contributed by atoms with Crippen molar-refractivity contribution in [3.05, 3.63) is 17.7 Å². The number of hydrogen-bond acceptors (Lipinski definition) is 4. The highest BCUT2D eigenvalue weighted by Gasteiger charge is 2.27. The van der Waals surface area contributed by atoms with Crippen LogP contribution in [0.2, 0.25) is 0 Å². The normalized spacial score (nSPS) is 19.7. The van der Waals surface area contributed by atoms with Crippen molar-refractivity contribution < 1.29 is 13.2 Å². The minimum absolute atomic E-state index is 0.0419. The number of carbonyl (C=O) groups is 1. The third kappa shape index (κ3) is 4.56. The van der Waals surface area contributed by atoms with Crippen molar-refractivity contribution in [3.8, 4) is 0 Å². The van der Waals surface area contributed by atoms with Gasteiger partial charge in [0.2, 0.25) is 5.91 Å². The number of aromatic amines is 1. The minimum atomic E-state index is -2.98. The fourth-order valence-electron chi connectivity index (χ4n) is 2.79. The molecule has 0 saturated carbocycles. The molecule has 0 spiro atoms. The highest BCUT2D eigenvalue weighted by molar-refractivity contribution is 7.90. The van der Waals surface area contributed by atoms with E-state index in [4.69, 9.17) is 0 Å². The molecule has 1 aliphatic rings. The first-order valence-electron chi connectivity index (χ1n) is 7.33. The van der Waals surface area contributed by atoms with Gasteiger partial charge in [0.1, 0.15) is 9.84 Å². The van der Waals surface area contributed by atoms with Gasteiger partial charge in [-0.2, -0.15) is 0 Å². The van der Waals surface area contributed by atoms with Gasteiger partial charge in [-0.3, -0.25) is 4.79 Å². The summed E-state index contributed by atoms with van der Waals surface area (Å²) >= 11 is 0. The van der Waals surface area contributed by atoms with Gasteiger partial charge in [-0.1, -0.05) is 0 Å². The maximum absolute atomic E-state index is 12.5. The molecule has 21 heavy (non-hydrogen) atoms. The maximum Gasteiger partial charge on any atom is 0.228 e. The molecule has 6 nitrogen and oxygen atoms in total. The Balaban J connectivity index is 2.00. The molecule has 0 radical (unpaired) electrons. The number of nitrogens with one attached hydrogen (secondary N) is 1. The molecule has 118 valence electrons. The summed E-state index contributed by atoms with van der Waals surface area (Å²) in [5.74, 6) is 0.187. The number of rotatable bonds is 5. The number of aromatic nitrogens is 2. The van der Waals surface area contributed by atoms with E-state index < -0.39 is 9.84 Å². The fourth-order valence-corrected chi connectivity index (χ4v) is 3.49. The van der Waals surface area contributed by atoms with Crippen LogP contribution in [-0.2, 0) is 21.1 Å². The lowest BCUT2D eigenvalue weighted by atomic mass is 9.99. The van der Waals surface area contributed by atoms with Gasteiger partial charge in [0.25, 0.3) is 0 Å². The summed E-state index contributed by atoms with van der Waals surface area (Å²) in [5.41, 5.74) is 1.68. The van der Waals surface area contributed by atoms with Gasteiger partial charge in [-0.25, -0.2) is 13.4 Å². The van der Waals surface area contributed by atoms with Crippen molar-refractivity contribution in [1.82, 2.24) is 14.9 Å². The molecular formula is C14H23N3O3S. The van der Waals surface area contributed by atoms with E-state index in [1.165, 1.54) is 6.26 Å². The third-order valence-electron chi connectivity index (χ3n) is 4.02. The van der Waals surface area contributed by atoms with E-state index in [1.54, 1.807) is 6.33 Å². The van der Waals surface area contributed by atoms with Gasteiger partial charge in [-0.05, 0) is 32.6 Å². The molecule has 1 saturated heterocycles. The summed E-state index contributed by atoms with van der Waals surface area (Å²) in [4.78, 5) is 21.5. The highest BCUT2D eigenvalue weighted by atomic mass is 32.2. The Morgan fingerprint density at radius 1 is 1.48 bits per heavy atom. The topological polar surface area (TPSA) is 83.1 Å². The first-order valence-corrected chi connectivity index (χ1v) is 9.39. The Morgan fingerprint density at radius 2 is 2.24 bits per heavy atom. The summed E-state index contributed by atoms with van der Waals surface area (Å²) < 4.78 is 22.7. The largest absolute Gasteiger partial charge is 0.348 e. The highest BCUT2D eigenvalue weighted by Crippen LogP contribution is 2.21. The zero-order valence-corrected chi connectivity index (χ0v) is 13.4. The van der Waals surface area contributed by atoms with E-state index in [-0.39, 0.29) is 24.1 Å². The van der Waals surface area contributed by atoms with Crippen molar-refractivity contribution in [1.29, 1.82) is 0 Å². The van der Waals surface area contributed by atoms with Crippen molar-refractivity contribution >= 4 is 15.7 Å². The first-order chi connectivity index (χ1) is 9.87. The van der Waals surface area contributed by atoms with Gasteiger partial charge in [0, 0.05) is 24.5 Å². The van der Waals surface area contributed by atoms with Crippen LogP contribution in [0.25, 0.3) is 0 Å². The number of imidazole rings is 1. The number of H-pyrrole nitrogens is 1. The molecule has 0 aliphatic carbocycles. The Morgan fingerprint density at radius 3 is 2.86 bits per heavy atom. The quantitative estimate of drug-likeness (QED) is 0.881. The number of sulfone groups is 1. The smallest absolute Gasteiger partial charge is 0.228 e. The van der Waals surface area contributed by atoms with Crippen LogP contribution in [0.4, 0.5) is 0 Å². The number of piperidine rings is 1. The monoisotopic (exact) mass is 313 g/mol. The van der Waals surface area contributed by atoms with E-state index in [0.717, 1.165) is 37.2 Å². The van der Waals surface area contributed by atoms with Crippen LogP contribution in [0.15, 0.2) is 6.33 Å². The van der Waals surface area contributed by atoms with Crippen molar-refractivity contribution in [3.63, 3.8) is 0 Å². The zero-order chi connectivity index (χ0) is 15.5. The molecule has 1 unspecified atom stereocenters. The lowest BCUT2D eigenvalue weighted by Crippen LogP contribution is -2.45. The lowest BCUT2D eigenvalue weighted by Gasteiger charge is -2.35. The second-order valence-corrected chi connectivity index (χ2v) is 8.07. The lowest BCUT2D eigenvalue weighted by molar-refractivity contribution is -0.134. The molecule has 0 aromatic carbocycles. The molecule has 1 N–H and O–H groups in total. The van der Waals surface area contributed by atoms with Gasteiger partial charge >= 0.3 is 0 Å². The third-order valence-corrected chi connectivity index (χ3v) is 5.00. The molecule has 1 aliphatic heterocycles. The number of aryl methyl sites for hydroxylation is 1. The van der Waals surface area contributed by atoms with Crippen LogP contribution in [-0.4, -0.2) is 53.8 Å². The van der Waals surface area contributed by atoms with Crippen molar-refractivity contribution in [2.24, 2.45) is 0 Å². The molecule has 1 aromatic heterocycles. The molecule has 1 atom stereocenters. The number of hydrogen-bond donors (Lipinski definition) is 1. The molecule has 1 amide bonds. The standard InChI is InChI=1S/C14H23N3O3S/c1-11-13(16-10-15-11)9-14(18)17-7-4-3-5-12(17)6-8-21(2,19)20/h10,12H,3-9H2,1-2H3,(H,15,16). The van der Waals surface area contributed by atoms with E-state index in [1.807, 2.05) is 11.8 Å².